The number of nitrogens with zero attached hydrogens (tertiary/aromatic N) is 1. The summed E-state index contributed by atoms with van der Waals surface area (Å²) in [6, 6.07) is 21.5. The lowest BCUT2D eigenvalue weighted by atomic mass is 9.91. The summed E-state index contributed by atoms with van der Waals surface area (Å²) in [4.78, 5) is 14.8. The minimum atomic E-state index is -0.405. The Hall–Kier alpha value is -2.66. The van der Waals surface area contributed by atoms with E-state index in [1.54, 1.807) is 17.0 Å². The molecule has 0 aromatic heterocycles. The Labute approximate surface area is 171 Å². The van der Waals surface area contributed by atoms with Crippen LogP contribution in [0.25, 0.3) is 0 Å². The third-order valence-corrected chi connectivity index (χ3v) is 5.73. The maximum atomic E-state index is 13.4. The Morgan fingerprint density at radius 2 is 1.79 bits per heavy atom. The second-order valence-electron chi connectivity index (χ2n) is 6.75. The molecule has 0 radical (unpaired) electrons. The third-order valence-electron chi connectivity index (χ3n) is 4.99. The van der Waals surface area contributed by atoms with Crippen LogP contribution in [-0.4, -0.2) is 6.09 Å². The number of hydrogen-bond acceptors (Lipinski definition) is 2. The normalized spacial score (nSPS) is 15.8. The summed E-state index contributed by atoms with van der Waals surface area (Å²) < 4.78 is 20.0. The second kappa shape index (κ2) is 8.15. The molecule has 0 aliphatic carbocycles. The first-order valence-corrected chi connectivity index (χ1v) is 9.95. The van der Waals surface area contributed by atoms with Gasteiger partial charge in [-0.25, -0.2) is 9.18 Å². The van der Waals surface area contributed by atoms with Gasteiger partial charge in [0, 0.05) is 4.47 Å². The average molecular weight is 440 g/mol. The van der Waals surface area contributed by atoms with E-state index in [1.807, 2.05) is 48.5 Å². The molecule has 142 valence electrons. The molecule has 28 heavy (non-hydrogen) atoms. The van der Waals surface area contributed by atoms with Crippen LogP contribution in [0.3, 0.4) is 0 Å². The van der Waals surface area contributed by atoms with Crippen molar-refractivity contribution in [2.45, 2.75) is 25.5 Å². The summed E-state index contributed by atoms with van der Waals surface area (Å²) in [5.41, 5.74) is 3.73. The number of benzene rings is 3. The zero-order chi connectivity index (χ0) is 19.5. The van der Waals surface area contributed by atoms with E-state index >= 15 is 0 Å². The molecule has 3 nitrogen and oxygen atoms in total. The molecular formula is C23H19BrFNO2. The summed E-state index contributed by atoms with van der Waals surface area (Å²) in [7, 11) is 0. The first-order chi connectivity index (χ1) is 13.6. The van der Waals surface area contributed by atoms with E-state index in [1.165, 1.54) is 12.1 Å². The molecule has 1 atom stereocenters. The molecule has 0 N–H and O–H groups in total. The van der Waals surface area contributed by atoms with E-state index in [2.05, 4.69) is 15.9 Å². The van der Waals surface area contributed by atoms with Crippen LogP contribution in [0.4, 0.5) is 14.9 Å². The molecule has 0 bridgehead atoms. The van der Waals surface area contributed by atoms with Gasteiger partial charge in [-0.3, -0.25) is 4.90 Å². The Kier molecular flexibility index (Phi) is 5.44. The van der Waals surface area contributed by atoms with Crippen LogP contribution in [0.15, 0.2) is 77.3 Å². The van der Waals surface area contributed by atoms with Crippen molar-refractivity contribution in [2.24, 2.45) is 0 Å². The lowest BCUT2D eigenvalue weighted by Crippen LogP contribution is -2.39. The quantitative estimate of drug-likeness (QED) is 0.471. The standard InChI is InChI=1S/C23H19BrFNO2/c24-20-7-4-8-22-19(20)13-14-21(17-9-11-18(25)12-10-17)26(22)23(27)28-15-16-5-2-1-3-6-16/h1-12,21H,13-15H2. The van der Waals surface area contributed by atoms with Gasteiger partial charge < -0.3 is 4.74 Å². The van der Waals surface area contributed by atoms with E-state index < -0.39 is 6.09 Å². The van der Waals surface area contributed by atoms with Crippen molar-refractivity contribution < 1.29 is 13.9 Å². The van der Waals surface area contributed by atoms with Crippen LogP contribution >= 0.6 is 15.9 Å². The lowest BCUT2D eigenvalue weighted by Gasteiger charge is -2.37. The number of hydrogen-bond donors (Lipinski definition) is 0. The van der Waals surface area contributed by atoms with Gasteiger partial charge in [-0.2, -0.15) is 0 Å². The molecule has 0 saturated carbocycles. The highest BCUT2D eigenvalue weighted by atomic mass is 79.9. The zero-order valence-corrected chi connectivity index (χ0v) is 16.7. The zero-order valence-electron chi connectivity index (χ0n) is 15.1. The highest BCUT2D eigenvalue weighted by Gasteiger charge is 2.34. The van der Waals surface area contributed by atoms with Crippen LogP contribution in [0.1, 0.15) is 29.2 Å². The Bertz CT molecular complexity index is 976. The molecular weight excluding hydrogens is 421 g/mol. The number of carbonyl (C=O) groups excluding carboxylic acids is 1. The number of amides is 1. The van der Waals surface area contributed by atoms with Crippen molar-refractivity contribution in [3.8, 4) is 0 Å². The SMILES string of the molecule is O=C(OCc1ccccc1)N1c2cccc(Br)c2CCC1c1ccc(F)cc1. The molecule has 1 aliphatic heterocycles. The van der Waals surface area contributed by atoms with Gasteiger partial charge in [0.15, 0.2) is 0 Å². The molecule has 5 heteroatoms. The largest absolute Gasteiger partial charge is 0.444 e. The van der Waals surface area contributed by atoms with Crippen molar-refractivity contribution in [1.29, 1.82) is 0 Å². The molecule has 1 amide bonds. The second-order valence-corrected chi connectivity index (χ2v) is 7.61. The van der Waals surface area contributed by atoms with Gasteiger partial charge in [-0.1, -0.05) is 64.5 Å². The molecule has 0 spiro atoms. The van der Waals surface area contributed by atoms with Crippen molar-refractivity contribution >= 4 is 27.7 Å². The van der Waals surface area contributed by atoms with Gasteiger partial charge in [0.2, 0.25) is 0 Å². The van der Waals surface area contributed by atoms with Crippen molar-refractivity contribution in [1.82, 2.24) is 0 Å². The summed E-state index contributed by atoms with van der Waals surface area (Å²) in [6.45, 7) is 0.204. The van der Waals surface area contributed by atoms with Crippen LogP contribution in [0, 0.1) is 5.82 Å². The van der Waals surface area contributed by atoms with E-state index in [4.69, 9.17) is 4.74 Å². The Morgan fingerprint density at radius 3 is 2.54 bits per heavy atom. The summed E-state index contributed by atoms with van der Waals surface area (Å²) in [5.74, 6) is -0.291. The highest BCUT2D eigenvalue weighted by Crippen LogP contribution is 2.41. The molecule has 3 aromatic carbocycles. The molecule has 3 aromatic rings. The fraction of sp³-hybridized carbons (Fsp3) is 0.174. The van der Waals surface area contributed by atoms with Gasteiger partial charge >= 0.3 is 6.09 Å². The maximum Gasteiger partial charge on any atom is 0.415 e. The van der Waals surface area contributed by atoms with Gasteiger partial charge in [-0.05, 0) is 53.8 Å². The Balaban J connectivity index is 1.66. The van der Waals surface area contributed by atoms with Crippen LogP contribution in [0.2, 0.25) is 0 Å². The monoisotopic (exact) mass is 439 g/mol. The number of anilines is 1. The molecule has 1 aliphatic rings. The van der Waals surface area contributed by atoms with Gasteiger partial charge in [0.25, 0.3) is 0 Å². The van der Waals surface area contributed by atoms with Crippen molar-refractivity contribution in [2.75, 3.05) is 4.90 Å². The molecule has 1 heterocycles. The third kappa shape index (κ3) is 3.80. The molecule has 4 rings (SSSR count). The van der Waals surface area contributed by atoms with Crippen LogP contribution in [0.5, 0.6) is 0 Å². The van der Waals surface area contributed by atoms with E-state index in [-0.39, 0.29) is 18.5 Å². The number of fused-ring (bicyclic) bond motifs is 1. The first kappa shape index (κ1) is 18.7. The number of halogens is 2. The van der Waals surface area contributed by atoms with Gasteiger partial charge in [0.1, 0.15) is 12.4 Å². The summed E-state index contributed by atoms with van der Waals surface area (Å²) in [5, 5.41) is 0. The first-order valence-electron chi connectivity index (χ1n) is 9.16. The minimum Gasteiger partial charge on any atom is -0.444 e. The average Bonchev–Trinajstić information content (AvgIpc) is 2.73. The lowest BCUT2D eigenvalue weighted by molar-refractivity contribution is 0.143. The van der Waals surface area contributed by atoms with E-state index in [9.17, 15) is 9.18 Å². The fourth-order valence-electron chi connectivity index (χ4n) is 3.61. The number of ether oxygens (including phenoxy) is 1. The molecule has 0 fully saturated rings. The highest BCUT2D eigenvalue weighted by molar-refractivity contribution is 9.10. The minimum absolute atomic E-state index is 0.203. The molecule has 1 unspecified atom stereocenters. The van der Waals surface area contributed by atoms with Gasteiger partial charge in [0.05, 0.1) is 11.7 Å². The number of carbonyl (C=O) groups is 1. The smallest absolute Gasteiger partial charge is 0.415 e. The summed E-state index contributed by atoms with van der Waals surface area (Å²) in [6.07, 6.45) is 1.15. The predicted octanol–water partition coefficient (Wildman–Crippen LogP) is 6.42. The molecule has 0 saturated heterocycles. The Morgan fingerprint density at radius 1 is 1.04 bits per heavy atom. The van der Waals surface area contributed by atoms with E-state index in [0.717, 1.165) is 39.7 Å². The summed E-state index contributed by atoms with van der Waals surface area (Å²) >= 11 is 3.59. The van der Waals surface area contributed by atoms with E-state index in [0.29, 0.717) is 0 Å². The van der Waals surface area contributed by atoms with Crippen molar-refractivity contribution in [3.63, 3.8) is 0 Å². The van der Waals surface area contributed by atoms with Crippen LogP contribution in [-0.2, 0) is 17.8 Å². The fourth-order valence-corrected chi connectivity index (χ4v) is 4.17. The topological polar surface area (TPSA) is 29.5 Å². The van der Waals surface area contributed by atoms with Crippen molar-refractivity contribution in [3.05, 3.63) is 99.8 Å². The van der Waals surface area contributed by atoms with Crippen LogP contribution < -0.4 is 4.90 Å². The number of rotatable bonds is 3. The van der Waals surface area contributed by atoms with Gasteiger partial charge in [-0.15, -0.1) is 0 Å². The maximum absolute atomic E-state index is 13.4. The predicted molar refractivity (Wildman–Crippen MR) is 111 cm³/mol.